The van der Waals surface area contributed by atoms with Gasteiger partial charge in [0.1, 0.15) is 23.4 Å². The van der Waals surface area contributed by atoms with Crippen molar-refractivity contribution in [3.63, 3.8) is 0 Å². The minimum Gasteiger partial charge on any atom is -0.480 e. The first kappa shape index (κ1) is 25.0. The van der Waals surface area contributed by atoms with Crippen LogP contribution >= 0.6 is 0 Å². The lowest BCUT2D eigenvalue weighted by Crippen LogP contribution is -2.17. The third-order valence-corrected chi connectivity index (χ3v) is 7.42. The van der Waals surface area contributed by atoms with Crippen LogP contribution in [0.5, 0.6) is 5.88 Å². The molecule has 190 valence electrons. The number of nitrogens with one attached hydrogen (secondary N) is 1. The number of pyridine rings is 2. The van der Waals surface area contributed by atoms with Gasteiger partial charge in [-0.25, -0.2) is 22.2 Å². The van der Waals surface area contributed by atoms with E-state index in [1.165, 1.54) is 25.6 Å². The molecule has 0 fully saturated rings. The number of hydrogen-bond donors (Lipinski definition) is 1. The lowest BCUT2D eigenvalue weighted by atomic mass is 9.92. The zero-order chi connectivity index (χ0) is 26.9. The lowest BCUT2D eigenvalue weighted by Gasteiger charge is -2.15. The second-order valence-corrected chi connectivity index (χ2v) is 9.93. The van der Waals surface area contributed by atoms with E-state index in [1.807, 2.05) is 12.1 Å². The van der Waals surface area contributed by atoms with Gasteiger partial charge in [-0.3, -0.25) is 14.7 Å². The fourth-order valence-corrected chi connectivity index (χ4v) is 5.46. The van der Waals surface area contributed by atoms with Crippen LogP contribution in [0.2, 0.25) is 0 Å². The maximum absolute atomic E-state index is 14.2. The van der Waals surface area contributed by atoms with Crippen molar-refractivity contribution in [1.82, 2.24) is 9.97 Å². The number of hydrogen-bond acceptors (Lipinski definition) is 7. The van der Waals surface area contributed by atoms with Crippen molar-refractivity contribution in [1.29, 1.82) is 5.26 Å². The number of dihydropyridines is 1. The van der Waals surface area contributed by atoms with Gasteiger partial charge in [0.05, 0.1) is 24.7 Å². The average Bonchev–Trinajstić information content (AvgIpc) is 2.92. The van der Waals surface area contributed by atoms with E-state index >= 15 is 0 Å². The molecule has 1 aliphatic heterocycles. The third-order valence-electron chi connectivity index (χ3n) is 6.00. The first-order valence-electron chi connectivity index (χ1n) is 11.3. The summed E-state index contributed by atoms with van der Waals surface area (Å²) in [5, 5.41) is 10.5. The fraction of sp³-hybridized carbons (Fsp3) is 0.111. The normalized spacial score (nSPS) is 13.2. The zero-order valence-corrected chi connectivity index (χ0v) is 20.8. The number of fused-ring (bicyclic) bond motifs is 1. The Labute approximate surface area is 217 Å². The highest BCUT2D eigenvalue weighted by Gasteiger charge is 2.26. The van der Waals surface area contributed by atoms with Crippen LogP contribution in [-0.4, -0.2) is 38.3 Å². The predicted molar refractivity (Wildman–Crippen MR) is 139 cm³/mol. The van der Waals surface area contributed by atoms with Crippen LogP contribution < -0.4 is 9.46 Å². The Morgan fingerprint density at radius 3 is 2.53 bits per heavy atom. The third kappa shape index (κ3) is 4.57. The van der Waals surface area contributed by atoms with Gasteiger partial charge in [0.25, 0.3) is 10.0 Å². The van der Waals surface area contributed by atoms with Gasteiger partial charge in [-0.05, 0) is 41.5 Å². The second kappa shape index (κ2) is 9.99. The van der Waals surface area contributed by atoms with Crippen molar-refractivity contribution < 1.29 is 21.9 Å². The molecule has 1 aliphatic rings. The molecule has 11 heteroatoms. The van der Waals surface area contributed by atoms with E-state index in [1.54, 1.807) is 18.3 Å². The number of anilines is 1. The second-order valence-electron chi connectivity index (χ2n) is 8.31. The molecule has 2 aromatic carbocycles. The topological polar surface area (TPSA) is 117 Å². The molecule has 8 nitrogen and oxygen atoms in total. The summed E-state index contributed by atoms with van der Waals surface area (Å²) in [4.78, 5) is 11.7. The van der Waals surface area contributed by atoms with Crippen LogP contribution in [0.15, 0.2) is 70.8 Å². The van der Waals surface area contributed by atoms with Crippen LogP contribution in [-0.2, 0) is 10.0 Å². The van der Waals surface area contributed by atoms with E-state index in [-0.39, 0.29) is 11.6 Å². The molecule has 3 heterocycles. The lowest BCUT2D eigenvalue weighted by molar-refractivity contribution is 0.400. The Morgan fingerprint density at radius 1 is 1.05 bits per heavy atom. The van der Waals surface area contributed by atoms with Gasteiger partial charge in [0.15, 0.2) is 4.90 Å². The van der Waals surface area contributed by atoms with Crippen LogP contribution in [0.4, 0.5) is 14.5 Å². The fourth-order valence-electron chi connectivity index (χ4n) is 4.27. The molecule has 1 N–H and O–H groups in total. The molecule has 0 atom stereocenters. The Hall–Kier alpha value is -4.69. The van der Waals surface area contributed by atoms with E-state index < -0.39 is 26.6 Å². The molecular formula is C27H19F2N5O3S. The summed E-state index contributed by atoms with van der Waals surface area (Å²) >= 11 is 0. The van der Waals surface area contributed by atoms with Crippen molar-refractivity contribution in [2.75, 3.05) is 18.4 Å². The van der Waals surface area contributed by atoms with E-state index in [9.17, 15) is 22.5 Å². The summed E-state index contributed by atoms with van der Waals surface area (Å²) in [5.74, 6) is -2.55. The number of benzene rings is 2. The molecule has 0 bridgehead atoms. The molecular weight excluding hydrogens is 512 g/mol. The van der Waals surface area contributed by atoms with Crippen LogP contribution in [0, 0.1) is 23.0 Å². The van der Waals surface area contributed by atoms with Gasteiger partial charge < -0.3 is 4.74 Å². The van der Waals surface area contributed by atoms with E-state index in [0.29, 0.717) is 35.2 Å². The molecule has 38 heavy (non-hydrogen) atoms. The number of allylic oxidation sites excluding steroid dienone is 1. The summed E-state index contributed by atoms with van der Waals surface area (Å²) in [6, 6.07) is 11.8. The van der Waals surface area contributed by atoms with Crippen LogP contribution in [0.25, 0.3) is 27.6 Å². The van der Waals surface area contributed by atoms with Crippen molar-refractivity contribution >= 4 is 38.4 Å². The molecule has 0 radical (unpaired) electrons. The monoisotopic (exact) mass is 531 g/mol. The molecule has 0 unspecified atom stereocenters. The minimum atomic E-state index is -4.66. The van der Waals surface area contributed by atoms with Crippen molar-refractivity contribution in [2.45, 2.75) is 11.3 Å². The summed E-state index contributed by atoms with van der Waals surface area (Å²) in [6.45, 7) is 0.512. The van der Waals surface area contributed by atoms with E-state index in [2.05, 4.69) is 25.8 Å². The standard InChI is InChI=1S/C27H19F2N5O3S/c1-37-27-24(34-38(35,36)26-21(28)3-2-4-22(26)29)12-18(14-33-27)17-5-6-23-20(11-17)25(19(13-30)15-32-23)16-7-9-31-10-8-16/h2-7,10-12,14-15,34H,8-9H2,1H3. The van der Waals surface area contributed by atoms with E-state index in [0.717, 1.165) is 34.7 Å². The summed E-state index contributed by atoms with van der Waals surface area (Å²) in [5.41, 5.74) is 3.83. The number of sulfonamides is 1. The first-order valence-corrected chi connectivity index (χ1v) is 12.8. The minimum absolute atomic E-state index is 0.0874. The average molecular weight is 532 g/mol. The largest absolute Gasteiger partial charge is 0.480 e. The molecule has 2 aromatic heterocycles. The molecule has 0 saturated carbocycles. The number of rotatable bonds is 6. The Bertz CT molecular complexity index is 1780. The molecule has 0 aliphatic carbocycles. The Morgan fingerprint density at radius 2 is 1.84 bits per heavy atom. The smallest absolute Gasteiger partial charge is 0.267 e. The predicted octanol–water partition coefficient (Wildman–Crippen LogP) is 5.11. The molecule has 0 amide bonds. The number of aliphatic imine (C=N–C) groups is 1. The van der Waals surface area contributed by atoms with Crippen molar-refractivity contribution in [3.05, 3.63) is 83.7 Å². The molecule has 0 saturated heterocycles. The number of methoxy groups -OCH3 is 1. The van der Waals surface area contributed by atoms with Gasteiger partial charge in [-0.15, -0.1) is 0 Å². The highest BCUT2D eigenvalue weighted by atomic mass is 32.2. The van der Waals surface area contributed by atoms with E-state index in [4.69, 9.17) is 4.74 Å². The SMILES string of the molecule is COc1ncc(-c2ccc3ncc(C#N)c(C4=CCN=CC4)c3c2)cc1NS(=O)(=O)c1c(F)cccc1F. The van der Waals surface area contributed by atoms with Gasteiger partial charge >= 0.3 is 0 Å². The van der Waals surface area contributed by atoms with Crippen LogP contribution in [0.1, 0.15) is 17.5 Å². The first-order chi connectivity index (χ1) is 18.3. The summed E-state index contributed by atoms with van der Waals surface area (Å²) < 4.78 is 61.6. The molecule has 0 spiro atoms. The summed E-state index contributed by atoms with van der Waals surface area (Å²) in [6.07, 6.45) is 7.35. The number of ether oxygens (including phenoxy) is 1. The van der Waals surface area contributed by atoms with Gasteiger partial charge in [-0.1, -0.05) is 18.2 Å². The Kier molecular flexibility index (Phi) is 6.57. The number of nitrogens with zero attached hydrogens (tertiary/aromatic N) is 4. The Balaban J connectivity index is 1.62. The number of nitriles is 1. The molecule has 5 rings (SSSR count). The van der Waals surface area contributed by atoms with Crippen molar-refractivity contribution in [2.24, 2.45) is 4.99 Å². The zero-order valence-electron chi connectivity index (χ0n) is 19.9. The maximum Gasteiger partial charge on any atom is 0.267 e. The highest BCUT2D eigenvalue weighted by molar-refractivity contribution is 7.92. The van der Waals surface area contributed by atoms with Gasteiger partial charge in [0.2, 0.25) is 5.88 Å². The maximum atomic E-state index is 14.2. The highest BCUT2D eigenvalue weighted by Crippen LogP contribution is 2.35. The van der Waals surface area contributed by atoms with Crippen molar-refractivity contribution in [3.8, 4) is 23.1 Å². The van der Waals surface area contributed by atoms with Gasteiger partial charge in [-0.2, -0.15) is 5.26 Å². The molecule has 4 aromatic rings. The number of aromatic nitrogens is 2. The summed E-state index contributed by atoms with van der Waals surface area (Å²) in [7, 11) is -3.36. The van der Waals surface area contributed by atoms with Gasteiger partial charge in [0, 0.05) is 41.5 Å². The van der Waals surface area contributed by atoms with Crippen LogP contribution in [0.3, 0.4) is 0 Å². The quantitative estimate of drug-likeness (QED) is 0.369. The number of halogens is 2.